The number of aryl methyl sites for hydroxylation is 2. The first kappa shape index (κ1) is 14.9. The van der Waals surface area contributed by atoms with Crippen molar-refractivity contribution in [3.8, 4) is 0 Å². The molecule has 0 spiro atoms. The summed E-state index contributed by atoms with van der Waals surface area (Å²) in [5, 5.41) is 8.85. The largest absolute Gasteiger partial charge is 0.481 e. The summed E-state index contributed by atoms with van der Waals surface area (Å²) in [6, 6.07) is 3.70. The van der Waals surface area contributed by atoms with E-state index in [1.54, 1.807) is 13.8 Å². The van der Waals surface area contributed by atoms with Crippen molar-refractivity contribution in [2.45, 2.75) is 34.1 Å². The maximum Gasteiger partial charge on any atom is 0.304 e. The molecule has 1 aromatic rings. The van der Waals surface area contributed by atoms with Gasteiger partial charge in [0.2, 0.25) is 0 Å². The molecule has 0 heterocycles. The van der Waals surface area contributed by atoms with Crippen LogP contribution < -0.4 is 0 Å². The van der Waals surface area contributed by atoms with Crippen LogP contribution in [0, 0.1) is 19.3 Å². The van der Waals surface area contributed by atoms with Crippen LogP contribution in [0.5, 0.6) is 0 Å². The van der Waals surface area contributed by atoms with E-state index < -0.39 is 11.4 Å². The second-order valence-corrected chi connectivity index (χ2v) is 6.05. The summed E-state index contributed by atoms with van der Waals surface area (Å²) in [7, 11) is 0. The molecule has 0 aromatic heterocycles. The molecular formula is C14H17BrO3. The summed E-state index contributed by atoms with van der Waals surface area (Å²) in [5.41, 5.74) is 1.53. The van der Waals surface area contributed by atoms with E-state index in [0.717, 1.165) is 15.6 Å². The van der Waals surface area contributed by atoms with Crippen molar-refractivity contribution in [3.05, 3.63) is 33.3 Å². The smallest absolute Gasteiger partial charge is 0.304 e. The fraction of sp³-hybridized carbons (Fsp3) is 0.429. The lowest BCUT2D eigenvalue weighted by molar-refractivity contribution is -0.138. The number of hydrogen-bond donors (Lipinski definition) is 1. The Balaban J connectivity index is 3.19. The average Bonchev–Trinajstić information content (AvgIpc) is 2.20. The van der Waals surface area contributed by atoms with E-state index in [9.17, 15) is 9.59 Å². The van der Waals surface area contributed by atoms with Gasteiger partial charge < -0.3 is 5.11 Å². The van der Waals surface area contributed by atoms with Gasteiger partial charge in [-0.15, -0.1) is 0 Å². The molecular weight excluding hydrogens is 296 g/mol. The topological polar surface area (TPSA) is 54.4 Å². The highest BCUT2D eigenvalue weighted by atomic mass is 79.9. The molecule has 4 heteroatoms. The number of rotatable bonds is 4. The van der Waals surface area contributed by atoms with Crippen LogP contribution in [0.15, 0.2) is 16.6 Å². The van der Waals surface area contributed by atoms with Crippen molar-refractivity contribution in [3.63, 3.8) is 0 Å². The molecule has 3 nitrogen and oxygen atoms in total. The Labute approximate surface area is 115 Å². The van der Waals surface area contributed by atoms with E-state index in [4.69, 9.17) is 5.11 Å². The van der Waals surface area contributed by atoms with Gasteiger partial charge in [0.15, 0.2) is 5.78 Å². The Bertz CT molecular complexity index is 504. The normalized spacial score (nSPS) is 11.4. The van der Waals surface area contributed by atoms with Crippen molar-refractivity contribution in [1.82, 2.24) is 0 Å². The van der Waals surface area contributed by atoms with Gasteiger partial charge in [0.05, 0.1) is 6.42 Å². The summed E-state index contributed by atoms with van der Waals surface area (Å²) in [6.45, 7) is 7.10. The molecule has 0 bridgehead atoms. The third-order valence-corrected chi connectivity index (χ3v) is 3.81. The molecule has 0 radical (unpaired) electrons. The summed E-state index contributed by atoms with van der Waals surface area (Å²) in [6.07, 6.45) is -0.166. The van der Waals surface area contributed by atoms with Gasteiger partial charge in [0, 0.05) is 15.5 Å². The number of carbonyl (C=O) groups excluding carboxylic acids is 1. The first-order valence-corrected chi connectivity index (χ1v) is 6.48. The number of carboxylic acids is 1. The van der Waals surface area contributed by atoms with Crippen molar-refractivity contribution in [1.29, 1.82) is 0 Å². The van der Waals surface area contributed by atoms with Crippen LogP contribution >= 0.6 is 15.9 Å². The van der Waals surface area contributed by atoms with Gasteiger partial charge in [-0.1, -0.05) is 29.8 Å². The molecule has 0 saturated heterocycles. The van der Waals surface area contributed by atoms with Gasteiger partial charge in [-0.2, -0.15) is 0 Å². The Kier molecular flexibility index (Phi) is 4.32. The zero-order chi connectivity index (χ0) is 14.1. The van der Waals surface area contributed by atoms with Gasteiger partial charge in [-0.3, -0.25) is 9.59 Å². The zero-order valence-electron chi connectivity index (χ0n) is 11.0. The summed E-state index contributed by atoms with van der Waals surface area (Å²) in [4.78, 5) is 23.2. The maximum atomic E-state index is 12.4. The second kappa shape index (κ2) is 5.22. The summed E-state index contributed by atoms with van der Waals surface area (Å²) in [5.74, 6) is -1.09. The number of hydrogen-bond acceptors (Lipinski definition) is 2. The van der Waals surface area contributed by atoms with Crippen LogP contribution in [0.3, 0.4) is 0 Å². The monoisotopic (exact) mass is 312 g/mol. The molecule has 0 aliphatic carbocycles. The van der Waals surface area contributed by atoms with Crippen molar-refractivity contribution in [2.75, 3.05) is 0 Å². The highest BCUT2D eigenvalue weighted by Gasteiger charge is 2.32. The van der Waals surface area contributed by atoms with Crippen LogP contribution in [-0.4, -0.2) is 16.9 Å². The third kappa shape index (κ3) is 3.19. The SMILES string of the molecule is Cc1cc(C(=O)C(C)(C)CC(=O)O)c(C)cc1Br. The van der Waals surface area contributed by atoms with Crippen LogP contribution in [0.4, 0.5) is 0 Å². The highest BCUT2D eigenvalue weighted by molar-refractivity contribution is 9.10. The number of ketones is 1. The molecule has 18 heavy (non-hydrogen) atoms. The van der Waals surface area contributed by atoms with E-state index in [1.165, 1.54) is 0 Å². The predicted octanol–water partition coefficient (Wildman–Crippen LogP) is 3.75. The lowest BCUT2D eigenvalue weighted by Gasteiger charge is -2.22. The molecule has 0 amide bonds. The number of carboxylic acid groups (broad SMARTS) is 1. The van der Waals surface area contributed by atoms with E-state index in [1.807, 2.05) is 26.0 Å². The number of aliphatic carboxylic acids is 1. The average molecular weight is 313 g/mol. The minimum atomic E-state index is -0.958. The minimum Gasteiger partial charge on any atom is -0.481 e. The van der Waals surface area contributed by atoms with E-state index in [0.29, 0.717) is 5.56 Å². The molecule has 0 fully saturated rings. The summed E-state index contributed by atoms with van der Waals surface area (Å²) >= 11 is 3.41. The number of benzene rings is 1. The first-order chi connectivity index (χ1) is 8.15. The molecule has 0 aliphatic heterocycles. The van der Waals surface area contributed by atoms with Gasteiger partial charge in [-0.25, -0.2) is 0 Å². The number of halogens is 1. The van der Waals surface area contributed by atoms with Crippen molar-refractivity contribution < 1.29 is 14.7 Å². The third-order valence-electron chi connectivity index (χ3n) is 2.96. The molecule has 1 aromatic carbocycles. The van der Waals surface area contributed by atoms with Crippen molar-refractivity contribution >= 4 is 27.7 Å². The quantitative estimate of drug-likeness (QED) is 0.861. The number of carbonyl (C=O) groups is 2. The van der Waals surface area contributed by atoms with Crippen LogP contribution in [-0.2, 0) is 4.79 Å². The van der Waals surface area contributed by atoms with Gasteiger partial charge in [0.1, 0.15) is 0 Å². The molecule has 0 aliphatic rings. The number of Topliss-reactive ketones (excluding diaryl/α,β-unsaturated/α-hetero) is 1. The molecule has 0 unspecified atom stereocenters. The summed E-state index contributed by atoms with van der Waals surface area (Å²) < 4.78 is 0.951. The van der Waals surface area contributed by atoms with Crippen LogP contribution in [0.25, 0.3) is 0 Å². The van der Waals surface area contributed by atoms with E-state index in [-0.39, 0.29) is 12.2 Å². The molecule has 0 saturated carbocycles. The van der Waals surface area contributed by atoms with Gasteiger partial charge in [0.25, 0.3) is 0 Å². The second-order valence-electron chi connectivity index (χ2n) is 5.20. The van der Waals surface area contributed by atoms with E-state index >= 15 is 0 Å². The molecule has 1 N–H and O–H groups in total. The molecule has 98 valence electrons. The highest BCUT2D eigenvalue weighted by Crippen LogP contribution is 2.30. The Morgan fingerprint density at radius 3 is 2.28 bits per heavy atom. The Hall–Kier alpha value is -1.16. The first-order valence-electron chi connectivity index (χ1n) is 5.68. The predicted molar refractivity (Wildman–Crippen MR) is 74.0 cm³/mol. The lowest BCUT2D eigenvalue weighted by atomic mass is 9.80. The Morgan fingerprint density at radius 2 is 1.78 bits per heavy atom. The molecule has 1 rings (SSSR count). The Morgan fingerprint density at radius 1 is 1.22 bits per heavy atom. The standard InChI is InChI=1S/C14H17BrO3/c1-8-6-11(15)9(2)5-10(8)13(18)14(3,4)7-12(16)17/h5-6H,7H2,1-4H3,(H,16,17). The zero-order valence-corrected chi connectivity index (χ0v) is 12.6. The fourth-order valence-electron chi connectivity index (χ4n) is 1.85. The van der Waals surface area contributed by atoms with Gasteiger partial charge in [-0.05, 0) is 37.1 Å². The molecule has 0 atom stereocenters. The van der Waals surface area contributed by atoms with Crippen molar-refractivity contribution in [2.24, 2.45) is 5.41 Å². The maximum absolute atomic E-state index is 12.4. The minimum absolute atomic E-state index is 0.127. The van der Waals surface area contributed by atoms with Crippen LogP contribution in [0.2, 0.25) is 0 Å². The van der Waals surface area contributed by atoms with Gasteiger partial charge >= 0.3 is 5.97 Å². The van der Waals surface area contributed by atoms with Crippen LogP contribution in [0.1, 0.15) is 41.8 Å². The lowest BCUT2D eigenvalue weighted by Crippen LogP contribution is -2.28. The van der Waals surface area contributed by atoms with E-state index in [2.05, 4.69) is 15.9 Å². The fourth-order valence-corrected chi connectivity index (χ4v) is 2.31.